The van der Waals surface area contributed by atoms with Crippen LogP contribution in [0, 0.1) is 0 Å². The molecule has 7 nitrogen and oxygen atoms in total. The van der Waals surface area contributed by atoms with E-state index in [0.717, 1.165) is 23.3 Å². The molecule has 0 saturated carbocycles. The molecule has 1 aromatic heterocycles. The lowest BCUT2D eigenvalue weighted by atomic mass is 9.93. The molecule has 7 heteroatoms. The smallest absolute Gasteiger partial charge is 0.250 e. The highest BCUT2D eigenvalue weighted by molar-refractivity contribution is 5.90. The zero-order valence-electron chi connectivity index (χ0n) is 18.3. The fourth-order valence-electron chi connectivity index (χ4n) is 4.19. The SMILES string of the molecule is COc1ccc([C@H]2C[C@H](c3ccccc3)Nc3nc(NC(=O)Cc4ccccc4)nn32)cc1. The summed E-state index contributed by atoms with van der Waals surface area (Å²) in [5, 5.41) is 11.0. The molecular weight excluding hydrogens is 414 g/mol. The second kappa shape index (κ2) is 9.16. The summed E-state index contributed by atoms with van der Waals surface area (Å²) in [6.45, 7) is 0. The molecule has 33 heavy (non-hydrogen) atoms. The van der Waals surface area contributed by atoms with Gasteiger partial charge in [-0.3, -0.25) is 10.1 Å². The molecular formula is C26H25N5O2. The predicted molar refractivity (Wildman–Crippen MR) is 127 cm³/mol. The number of fused-ring (bicyclic) bond motifs is 1. The summed E-state index contributed by atoms with van der Waals surface area (Å²) in [5.74, 6) is 1.58. The van der Waals surface area contributed by atoms with Gasteiger partial charge in [-0.15, -0.1) is 5.10 Å². The number of ether oxygens (including phenoxy) is 1. The van der Waals surface area contributed by atoms with E-state index in [1.807, 2.05) is 65.3 Å². The van der Waals surface area contributed by atoms with Crippen molar-refractivity contribution < 1.29 is 9.53 Å². The van der Waals surface area contributed by atoms with Gasteiger partial charge in [-0.25, -0.2) is 4.68 Å². The number of rotatable bonds is 6. The molecule has 1 aliphatic heterocycles. The first-order chi connectivity index (χ1) is 16.2. The molecule has 0 saturated heterocycles. The molecule has 2 N–H and O–H groups in total. The van der Waals surface area contributed by atoms with Gasteiger partial charge < -0.3 is 10.1 Å². The van der Waals surface area contributed by atoms with Crippen molar-refractivity contribution in [3.05, 3.63) is 102 Å². The molecule has 0 radical (unpaired) electrons. The fourth-order valence-corrected chi connectivity index (χ4v) is 4.19. The number of anilines is 2. The summed E-state index contributed by atoms with van der Waals surface area (Å²) in [6.07, 6.45) is 1.07. The molecule has 2 heterocycles. The van der Waals surface area contributed by atoms with Crippen LogP contribution in [0.1, 0.15) is 35.2 Å². The number of methoxy groups -OCH3 is 1. The first kappa shape index (κ1) is 20.8. The van der Waals surface area contributed by atoms with Crippen LogP contribution in [0.5, 0.6) is 5.75 Å². The van der Waals surface area contributed by atoms with Crippen LogP contribution in [-0.2, 0) is 11.2 Å². The number of carbonyl (C=O) groups is 1. The van der Waals surface area contributed by atoms with E-state index >= 15 is 0 Å². The summed E-state index contributed by atoms with van der Waals surface area (Å²) < 4.78 is 7.18. The van der Waals surface area contributed by atoms with Crippen molar-refractivity contribution in [3.63, 3.8) is 0 Å². The topological polar surface area (TPSA) is 81.1 Å². The monoisotopic (exact) mass is 439 g/mol. The lowest BCUT2D eigenvalue weighted by Gasteiger charge is -2.31. The third-order valence-electron chi connectivity index (χ3n) is 5.85. The Morgan fingerprint density at radius 3 is 2.39 bits per heavy atom. The van der Waals surface area contributed by atoms with E-state index in [1.54, 1.807) is 7.11 Å². The van der Waals surface area contributed by atoms with Crippen LogP contribution in [0.2, 0.25) is 0 Å². The van der Waals surface area contributed by atoms with Gasteiger partial charge in [0, 0.05) is 0 Å². The van der Waals surface area contributed by atoms with Gasteiger partial charge in [0.2, 0.25) is 11.9 Å². The quantitative estimate of drug-likeness (QED) is 0.458. The number of aromatic nitrogens is 3. The third kappa shape index (κ3) is 4.57. The van der Waals surface area contributed by atoms with Crippen LogP contribution >= 0.6 is 0 Å². The van der Waals surface area contributed by atoms with Crippen LogP contribution in [-0.4, -0.2) is 27.8 Å². The number of carbonyl (C=O) groups excluding carboxylic acids is 1. The van der Waals surface area contributed by atoms with Gasteiger partial charge in [-0.2, -0.15) is 4.98 Å². The Morgan fingerprint density at radius 2 is 1.70 bits per heavy atom. The third-order valence-corrected chi connectivity index (χ3v) is 5.85. The highest BCUT2D eigenvalue weighted by Crippen LogP contribution is 2.38. The molecule has 1 amide bonds. The van der Waals surface area contributed by atoms with Crippen LogP contribution in [0.25, 0.3) is 0 Å². The van der Waals surface area contributed by atoms with Crippen LogP contribution in [0.4, 0.5) is 11.9 Å². The maximum absolute atomic E-state index is 12.6. The molecule has 0 spiro atoms. The fraction of sp³-hybridized carbons (Fsp3) is 0.192. The molecule has 0 fully saturated rings. The largest absolute Gasteiger partial charge is 0.497 e. The normalized spacial score (nSPS) is 17.0. The molecule has 0 bridgehead atoms. The van der Waals surface area contributed by atoms with Crippen molar-refractivity contribution >= 4 is 17.8 Å². The van der Waals surface area contributed by atoms with E-state index in [4.69, 9.17) is 4.74 Å². The number of benzene rings is 3. The predicted octanol–water partition coefficient (Wildman–Crippen LogP) is 4.61. The maximum Gasteiger partial charge on any atom is 0.250 e. The highest BCUT2D eigenvalue weighted by atomic mass is 16.5. The van der Waals surface area contributed by atoms with Crippen molar-refractivity contribution in [2.75, 3.05) is 17.7 Å². The standard InChI is InChI=1S/C26H25N5O2/c1-33-21-14-12-20(13-15-21)23-17-22(19-10-6-3-7-11-19)27-26-29-25(30-31(23)26)28-24(32)16-18-8-4-2-5-9-18/h2-15,22-23H,16-17H2,1H3,(H2,27,28,29,30,32)/t22-,23-/m1/s1. The Hall–Kier alpha value is -4.13. The number of nitrogens with one attached hydrogen (secondary N) is 2. The molecule has 5 rings (SSSR count). The van der Waals surface area contributed by atoms with E-state index in [1.165, 1.54) is 5.56 Å². The second-order valence-corrected chi connectivity index (χ2v) is 8.05. The number of hydrogen-bond acceptors (Lipinski definition) is 5. The van der Waals surface area contributed by atoms with Gasteiger partial charge >= 0.3 is 0 Å². The van der Waals surface area contributed by atoms with Crippen molar-refractivity contribution in [1.82, 2.24) is 14.8 Å². The molecule has 0 aliphatic carbocycles. The zero-order valence-corrected chi connectivity index (χ0v) is 18.3. The van der Waals surface area contributed by atoms with Crippen molar-refractivity contribution in [2.45, 2.75) is 24.9 Å². The van der Waals surface area contributed by atoms with Gasteiger partial charge in [0.1, 0.15) is 5.75 Å². The van der Waals surface area contributed by atoms with E-state index in [2.05, 4.69) is 45.0 Å². The van der Waals surface area contributed by atoms with Gasteiger partial charge in [0.15, 0.2) is 0 Å². The minimum absolute atomic E-state index is 0.0374. The number of nitrogens with zero attached hydrogens (tertiary/aromatic N) is 3. The van der Waals surface area contributed by atoms with E-state index in [9.17, 15) is 4.79 Å². The minimum Gasteiger partial charge on any atom is -0.497 e. The first-order valence-electron chi connectivity index (χ1n) is 11.0. The molecule has 2 atom stereocenters. The van der Waals surface area contributed by atoms with Crippen molar-refractivity contribution in [1.29, 1.82) is 0 Å². The van der Waals surface area contributed by atoms with Gasteiger partial charge in [-0.05, 0) is 35.2 Å². The summed E-state index contributed by atoms with van der Waals surface area (Å²) in [6, 6.07) is 28.0. The van der Waals surface area contributed by atoms with Crippen LogP contribution < -0.4 is 15.4 Å². The summed E-state index contributed by atoms with van der Waals surface area (Å²) in [7, 11) is 1.66. The van der Waals surface area contributed by atoms with E-state index in [0.29, 0.717) is 11.9 Å². The molecule has 3 aromatic carbocycles. The number of hydrogen-bond donors (Lipinski definition) is 2. The average Bonchev–Trinajstić information content (AvgIpc) is 3.26. The molecule has 4 aromatic rings. The van der Waals surface area contributed by atoms with Crippen LogP contribution in [0.15, 0.2) is 84.9 Å². The zero-order chi connectivity index (χ0) is 22.6. The number of amides is 1. The Kier molecular flexibility index (Phi) is 5.76. The highest BCUT2D eigenvalue weighted by Gasteiger charge is 2.31. The van der Waals surface area contributed by atoms with E-state index < -0.39 is 0 Å². The Morgan fingerprint density at radius 1 is 1.00 bits per heavy atom. The average molecular weight is 440 g/mol. The van der Waals surface area contributed by atoms with Crippen molar-refractivity contribution in [2.24, 2.45) is 0 Å². The summed E-state index contributed by atoms with van der Waals surface area (Å²) >= 11 is 0. The van der Waals surface area contributed by atoms with Crippen molar-refractivity contribution in [3.8, 4) is 5.75 Å². The Bertz CT molecular complexity index is 1220. The van der Waals surface area contributed by atoms with Gasteiger partial charge in [0.25, 0.3) is 5.95 Å². The van der Waals surface area contributed by atoms with E-state index in [-0.39, 0.29) is 24.4 Å². The summed E-state index contributed by atoms with van der Waals surface area (Å²) in [5.41, 5.74) is 3.23. The van der Waals surface area contributed by atoms with Gasteiger partial charge in [-0.1, -0.05) is 72.8 Å². The maximum atomic E-state index is 12.6. The van der Waals surface area contributed by atoms with Crippen LogP contribution in [0.3, 0.4) is 0 Å². The first-order valence-corrected chi connectivity index (χ1v) is 11.0. The summed E-state index contributed by atoms with van der Waals surface area (Å²) in [4.78, 5) is 17.2. The second-order valence-electron chi connectivity index (χ2n) is 8.05. The lowest BCUT2D eigenvalue weighted by molar-refractivity contribution is -0.115. The molecule has 0 unspecified atom stereocenters. The Labute approximate surface area is 192 Å². The minimum atomic E-state index is -0.148. The lowest BCUT2D eigenvalue weighted by Crippen LogP contribution is -2.28. The Balaban J connectivity index is 1.43. The van der Waals surface area contributed by atoms with Gasteiger partial charge in [0.05, 0.1) is 25.6 Å². The molecule has 1 aliphatic rings. The molecule has 166 valence electrons.